The smallest absolute Gasteiger partial charge is 0.135 e. The molecule has 0 amide bonds. The van der Waals surface area contributed by atoms with Crippen molar-refractivity contribution < 1.29 is 8.78 Å². The number of hydrogen-bond acceptors (Lipinski definition) is 3. The molecule has 3 rings (SSSR count). The maximum atomic E-state index is 13.8. The Morgan fingerprint density at radius 3 is 2.48 bits per heavy atom. The lowest BCUT2D eigenvalue weighted by atomic mass is 10.1. The fourth-order valence-electron chi connectivity index (χ4n) is 2.10. The van der Waals surface area contributed by atoms with Crippen LogP contribution in [0.4, 0.5) is 8.78 Å². The predicted molar refractivity (Wildman–Crippen MR) is 80.8 cm³/mol. The van der Waals surface area contributed by atoms with Crippen molar-refractivity contribution in [3.05, 3.63) is 65.0 Å². The number of hydrogen-bond donors (Lipinski definition) is 1. The van der Waals surface area contributed by atoms with E-state index in [1.54, 1.807) is 5.38 Å². The summed E-state index contributed by atoms with van der Waals surface area (Å²) in [5.74, 6) is -1.22. The molecule has 0 radical (unpaired) electrons. The van der Waals surface area contributed by atoms with Gasteiger partial charge in [-0.1, -0.05) is 24.3 Å². The lowest BCUT2D eigenvalue weighted by molar-refractivity contribution is 0.589. The van der Waals surface area contributed by atoms with E-state index in [0.29, 0.717) is 17.2 Å². The molecule has 1 heterocycles. The number of benzene rings is 2. The van der Waals surface area contributed by atoms with Crippen molar-refractivity contribution in [2.75, 3.05) is 0 Å². The molecule has 0 fully saturated rings. The molecule has 2 nitrogen and oxygen atoms in total. The first-order valence-electron chi connectivity index (χ1n) is 6.38. The molecule has 0 aliphatic carbocycles. The highest BCUT2D eigenvalue weighted by atomic mass is 32.1. The van der Waals surface area contributed by atoms with Gasteiger partial charge in [-0.15, -0.1) is 11.3 Å². The van der Waals surface area contributed by atoms with Gasteiger partial charge in [-0.2, -0.15) is 0 Å². The van der Waals surface area contributed by atoms with Crippen LogP contribution in [0, 0.1) is 11.6 Å². The van der Waals surface area contributed by atoms with Gasteiger partial charge in [0.1, 0.15) is 16.6 Å². The third-order valence-electron chi connectivity index (χ3n) is 3.13. The van der Waals surface area contributed by atoms with Crippen LogP contribution in [-0.4, -0.2) is 4.98 Å². The van der Waals surface area contributed by atoms with Crippen molar-refractivity contribution in [1.29, 1.82) is 0 Å². The van der Waals surface area contributed by atoms with E-state index in [2.05, 4.69) is 4.98 Å². The Morgan fingerprint density at radius 2 is 1.76 bits per heavy atom. The number of nitrogens with zero attached hydrogens (tertiary/aromatic N) is 1. The van der Waals surface area contributed by atoms with E-state index in [0.717, 1.165) is 11.1 Å². The van der Waals surface area contributed by atoms with Gasteiger partial charge >= 0.3 is 0 Å². The van der Waals surface area contributed by atoms with Crippen molar-refractivity contribution in [3.8, 4) is 21.8 Å². The minimum absolute atomic E-state index is 0.0880. The van der Waals surface area contributed by atoms with E-state index < -0.39 is 11.6 Å². The normalized spacial score (nSPS) is 10.8. The summed E-state index contributed by atoms with van der Waals surface area (Å²) in [4.78, 5) is 4.35. The molecule has 21 heavy (non-hydrogen) atoms. The Hall–Kier alpha value is -2.11. The van der Waals surface area contributed by atoms with Crippen LogP contribution >= 0.6 is 11.3 Å². The average molecular weight is 302 g/mol. The van der Waals surface area contributed by atoms with Gasteiger partial charge in [0.05, 0.1) is 11.3 Å². The Labute approximate surface area is 124 Å². The average Bonchev–Trinajstić information content (AvgIpc) is 2.97. The molecular formula is C16H12F2N2S. The fourth-order valence-corrected chi connectivity index (χ4v) is 2.90. The molecule has 2 N–H and O–H groups in total. The molecular weight excluding hydrogens is 290 g/mol. The SMILES string of the molecule is NCc1cccc(-c2nc(-c3c(F)cccc3F)cs2)c1. The lowest BCUT2D eigenvalue weighted by Gasteiger charge is -2.01. The van der Waals surface area contributed by atoms with Gasteiger partial charge in [0.25, 0.3) is 0 Å². The lowest BCUT2D eigenvalue weighted by Crippen LogP contribution is -1.95. The van der Waals surface area contributed by atoms with Crippen LogP contribution in [0.2, 0.25) is 0 Å². The van der Waals surface area contributed by atoms with Gasteiger partial charge in [0.2, 0.25) is 0 Å². The topological polar surface area (TPSA) is 38.9 Å². The minimum atomic E-state index is -0.609. The van der Waals surface area contributed by atoms with Gasteiger partial charge in [-0.25, -0.2) is 13.8 Å². The highest BCUT2D eigenvalue weighted by Crippen LogP contribution is 2.31. The number of aromatic nitrogens is 1. The number of nitrogens with two attached hydrogens (primary N) is 1. The van der Waals surface area contributed by atoms with Gasteiger partial charge in [-0.3, -0.25) is 0 Å². The van der Waals surface area contributed by atoms with Crippen LogP contribution in [0.15, 0.2) is 47.8 Å². The van der Waals surface area contributed by atoms with E-state index in [9.17, 15) is 8.78 Å². The van der Waals surface area contributed by atoms with E-state index in [1.165, 1.54) is 29.5 Å². The largest absolute Gasteiger partial charge is 0.326 e. The Kier molecular flexibility index (Phi) is 3.77. The fraction of sp³-hybridized carbons (Fsp3) is 0.0625. The van der Waals surface area contributed by atoms with Gasteiger partial charge in [0.15, 0.2) is 0 Å². The number of thiazole rings is 1. The molecule has 0 bridgehead atoms. The standard InChI is InChI=1S/C16H12F2N2S/c17-12-5-2-6-13(18)15(12)14-9-21-16(20-14)11-4-1-3-10(7-11)8-19/h1-7,9H,8,19H2. The van der Waals surface area contributed by atoms with E-state index in [4.69, 9.17) is 5.73 Å². The zero-order valence-corrected chi connectivity index (χ0v) is 11.8. The summed E-state index contributed by atoms with van der Waals surface area (Å²) in [6.45, 7) is 0.439. The molecule has 3 aromatic rings. The van der Waals surface area contributed by atoms with Crippen LogP contribution < -0.4 is 5.73 Å². The first kappa shape index (κ1) is 13.9. The molecule has 0 aliphatic heterocycles. The molecule has 0 spiro atoms. The Bertz CT molecular complexity index is 763. The van der Waals surface area contributed by atoms with Gasteiger partial charge in [0, 0.05) is 17.5 Å². The van der Waals surface area contributed by atoms with Gasteiger partial charge < -0.3 is 5.73 Å². The second kappa shape index (κ2) is 5.71. The summed E-state index contributed by atoms with van der Waals surface area (Å²) >= 11 is 1.35. The second-order valence-electron chi connectivity index (χ2n) is 4.54. The summed E-state index contributed by atoms with van der Waals surface area (Å²) in [7, 11) is 0. The molecule has 2 aromatic carbocycles. The van der Waals surface area contributed by atoms with Crippen LogP contribution in [0.25, 0.3) is 21.8 Å². The van der Waals surface area contributed by atoms with E-state index >= 15 is 0 Å². The van der Waals surface area contributed by atoms with Crippen molar-refractivity contribution in [2.45, 2.75) is 6.54 Å². The van der Waals surface area contributed by atoms with Gasteiger partial charge in [-0.05, 0) is 23.8 Å². The number of halogens is 2. The molecule has 0 aliphatic rings. The van der Waals surface area contributed by atoms with Crippen LogP contribution in [0.5, 0.6) is 0 Å². The predicted octanol–water partition coefficient (Wildman–Crippen LogP) is 4.21. The molecule has 1 aromatic heterocycles. The zero-order chi connectivity index (χ0) is 14.8. The van der Waals surface area contributed by atoms with Crippen LogP contribution in [-0.2, 0) is 6.54 Å². The van der Waals surface area contributed by atoms with E-state index in [1.807, 2.05) is 24.3 Å². The Morgan fingerprint density at radius 1 is 1.05 bits per heavy atom. The summed E-state index contributed by atoms with van der Waals surface area (Å²) in [6, 6.07) is 11.4. The van der Waals surface area contributed by atoms with Crippen LogP contribution in [0.3, 0.4) is 0 Å². The second-order valence-corrected chi connectivity index (χ2v) is 5.40. The first-order valence-corrected chi connectivity index (χ1v) is 7.26. The molecule has 0 unspecified atom stereocenters. The maximum Gasteiger partial charge on any atom is 0.135 e. The van der Waals surface area contributed by atoms with Crippen molar-refractivity contribution in [1.82, 2.24) is 4.98 Å². The van der Waals surface area contributed by atoms with Crippen molar-refractivity contribution >= 4 is 11.3 Å². The third-order valence-corrected chi connectivity index (χ3v) is 4.02. The molecule has 5 heteroatoms. The summed E-state index contributed by atoms with van der Waals surface area (Å²) in [5.41, 5.74) is 7.72. The quantitative estimate of drug-likeness (QED) is 0.787. The summed E-state index contributed by atoms with van der Waals surface area (Å²) in [5, 5.41) is 2.37. The molecule has 0 saturated carbocycles. The zero-order valence-electron chi connectivity index (χ0n) is 11.0. The molecule has 0 saturated heterocycles. The molecule has 0 atom stereocenters. The monoisotopic (exact) mass is 302 g/mol. The van der Waals surface area contributed by atoms with Crippen molar-refractivity contribution in [2.24, 2.45) is 5.73 Å². The number of rotatable bonds is 3. The summed E-state index contributed by atoms with van der Waals surface area (Å²) < 4.78 is 27.5. The Balaban J connectivity index is 2.04. The third kappa shape index (κ3) is 2.70. The summed E-state index contributed by atoms with van der Waals surface area (Å²) in [6.07, 6.45) is 0. The molecule has 106 valence electrons. The highest BCUT2D eigenvalue weighted by molar-refractivity contribution is 7.13. The van der Waals surface area contributed by atoms with Crippen LogP contribution in [0.1, 0.15) is 5.56 Å². The van der Waals surface area contributed by atoms with Crippen molar-refractivity contribution in [3.63, 3.8) is 0 Å². The van der Waals surface area contributed by atoms with E-state index in [-0.39, 0.29) is 5.56 Å². The first-order chi connectivity index (χ1) is 10.2. The highest BCUT2D eigenvalue weighted by Gasteiger charge is 2.15. The minimum Gasteiger partial charge on any atom is -0.326 e. The maximum absolute atomic E-state index is 13.8.